The van der Waals surface area contributed by atoms with Gasteiger partial charge in [-0.1, -0.05) is 35.3 Å². The molecule has 3 rings (SSSR count). The Hall–Kier alpha value is -1.52. The van der Waals surface area contributed by atoms with Crippen LogP contribution in [0.15, 0.2) is 0 Å². The minimum atomic E-state index is -0.373. The summed E-state index contributed by atoms with van der Waals surface area (Å²) in [5.41, 5.74) is 0.707. The number of rotatable bonds is 3. The summed E-state index contributed by atoms with van der Waals surface area (Å²) < 4.78 is 0.412. The molecule has 2 N–H and O–H groups in total. The smallest absolute Gasteiger partial charge is 0.263 e. The van der Waals surface area contributed by atoms with Crippen LogP contribution in [0, 0.1) is 0 Å². The van der Waals surface area contributed by atoms with Crippen LogP contribution < -0.4 is 10.6 Å². The zero-order valence-corrected chi connectivity index (χ0v) is 13.8. The number of hydrogen-bond donors (Lipinski definition) is 2. The number of hydrogen-bond acceptors (Lipinski definition) is 7. The van der Waals surface area contributed by atoms with Crippen molar-refractivity contribution >= 4 is 62.5 Å². The third-order valence-corrected chi connectivity index (χ3v) is 5.61. The van der Waals surface area contributed by atoms with E-state index in [1.54, 1.807) is 0 Å². The Morgan fingerprint density at radius 2 is 2.27 bits per heavy atom. The van der Waals surface area contributed by atoms with E-state index in [0.717, 1.165) is 17.8 Å². The first-order chi connectivity index (χ1) is 10.5. The molecule has 22 heavy (non-hydrogen) atoms. The van der Waals surface area contributed by atoms with Gasteiger partial charge in [-0.2, -0.15) is 0 Å². The second kappa shape index (κ2) is 6.31. The molecular formula is C12H12N4O3S3. The van der Waals surface area contributed by atoms with E-state index in [0.29, 0.717) is 33.0 Å². The normalized spacial score (nSPS) is 18.0. The summed E-state index contributed by atoms with van der Waals surface area (Å²) in [5.74, 6) is -0.419. The van der Waals surface area contributed by atoms with Crippen LogP contribution in [0.4, 0.5) is 5.13 Å². The first kappa shape index (κ1) is 15.4. The highest BCUT2D eigenvalue weighted by Gasteiger charge is 2.29. The molecule has 0 bridgehead atoms. The number of fused-ring (bicyclic) bond motifs is 1. The van der Waals surface area contributed by atoms with Gasteiger partial charge in [0.2, 0.25) is 11.8 Å². The van der Waals surface area contributed by atoms with Crippen molar-refractivity contribution in [3.63, 3.8) is 0 Å². The van der Waals surface area contributed by atoms with Gasteiger partial charge < -0.3 is 10.6 Å². The lowest BCUT2D eigenvalue weighted by atomic mass is 10.2. The molecule has 0 spiro atoms. The summed E-state index contributed by atoms with van der Waals surface area (Å²) in [6, 6.07) is 0. The Kier molecular flexibility index (Phi) is 4.41. The van der Waals surface area contributed by atoms with Crippen LogP contribution >= 0.6 is 35.3 Å². The van der Waals surface area contributed by atoms with E-state index in [1.807, 2.05) is 0 Å². The van der Waals surface area contributed by atoms with E-state index in [-0.39, 0.29) is 30.0 Å². The van der Waals surface area contributed by atoms with Crippen LogP contribution in [0.25, 0.3) is 0 Å². The van der Waals surface area contributed by atoms with Crippen LogP contribution in [-0.2, 0) is 16.0 Å². The molecule has 10 heteroatoms. The average Bonchev–Trinajstić information content (AvgIpc) is 2.96. The van der Waals surface area contributed by atoms with Crippen molar-refractivity contribution in [1.82, 2.24) is 15.2 Å². The van der Waals surface area contributed by atoms with Crippen molar-refractivity contribution in [2.24, 2.45) is 0 Å². The van der Waals surface area contributed by atoms with Gasteiger partial charge in [0.1, 0.15) is 15.7 Å². The fourth-order valence-electron chi connectivity index (χ4n) is 2.13. The number of thiazole rings is 1. The largest absolute Gasteiger partial charge is 0.351 e. The molecule has 0 aromatic carbocycles. The number of aromatic nitrogens is 1. The highest BCUT2D eigenvalue weighted by Crippen LogP contribution is 2.26. The number of carbonyl (C=O) groups excluding carboxylic acids is 3. The molecule has 2 aliphatic heterocycles. The van der Waals surface area contributed by atoms with Crippen LogP contribution in [0.5, 0.6) is 0 Å². The number of nitrogens with one attached hydrogen (secondary N) is 2. The highest BCUT2D eigenvalue weighted by atomic mass is 32.2. The van der Waals surface area contributed by atoms with Crippen molar-refractivity contribution < 1.29 is 14.4 Å². The van der Waals surface area contributed by atoms with Crippen LogP contribution in [0.3, 0.4) is 0 Å². The molecule has 7 nitrogen and oxygen atoms in total. The molecule has 0 aliphatic carbocycles. The minimum absolute atomic E-state index is 0.124. The van der Waals surface area contributed by atoms with Crippen LogP contribution in [0.2, 0.25) is 0 Å². The number of aryl methyl sites for hydroxylation is 1. The maximum absolute atomic E-state index is 12.0. The molecule has 3 amide bonds. The van der Waals surface area contributed by atoms with E-state index in [2.05, 4.69) is 15.6 Å². The monoisotopic (exact) mass is 356 g/mol. The lowest BCUT2D eigenvalue weighted by Gasteiger charge is -2.13. The predicted molar refractivity (Wildman–Crippen MR) is 88.2 cm³/mol. The first-order valence-corrected chi connectivity index (χ1v) is 8.80. The minimum Gasteiger partial charge on any atom is -0.351 e. The molecule has 0 unspecified atom stereocenters. The summed E-state index contributed by atoms with van der Waals surface area (Å²) in [6.07, 6.45) is 1.52. The number of carbonyl (C=O) groups is 3. The number of thiocarbonyl (C=S) groups is 1. The molecule has 1 aromatic heterocycles. The second-order valence-electron chi connectivity index (χ2n) is 4.74. The number of anilines is 1. The number of amides is 3. The Morgan fingerprint density at radius 1 is 1.45 bits per heavy atom. The van der Waals surface area contributed by atoms with Crippen molar-refractivity contribution in [1.29, 1.82) is 0 Å². The Balaban J connectivity index is 1.67. The van der Waals surface area contributed by atoms with Crippen LogP contribution in [-0.4, -0.2) is 50.8 Å². The fraction of sp³-hybridized carbons (Fsp3) is 0.417. The van der Waals surface area contributed by atoms with E-state index < -0.39 is 0 Å². The zero-order chi connectivity index (χ0) is 15.7. The molecule has 0 radical (unpaired) electrons. The summed E-state index contributed by atoms with van der Waals surface area (Å²) in [7, 11) is 0. The lowest BCUT2D eigenvalue weighted by molar-refractivity contribution is -0.127. The van der Waals surface area contributed by atoms with E-state index in [4.69, 9.17) is 12.2 Å². The Labute approximate surface area is 139 Å². The molecule has 1 fully saturated rings. The molecule has 2 aliphatic rings. The quantitative estimate of drug-likeness (QED) is 0.772. The van der Waals surface area contributed by atoms with Crippen molar-refractivity contribution in [2.45, 2.75) is 12.8 Å². The SMILES string of the molecule is O=C(CN1C(=O)CSC1=S)Nc1nc2c(s1)C(=O)NCCC2. The molecule has 116 valence electrons. The van der Waals surface area contributed by atoms with E-state index in [9.17, 15) is 14.4 Å². The number of nitrogens with zero attached hydrogens (tertiary/aromatic N) is 2. The third kappa shape index (κ3) is 3.13. The predicted octanol–water partition coefficient (Wildman–Crippen LogP) is 0.618. The molecule has 1 aromatic rings. The van der Waals surface area contributed by atoms with Crippen molar-refractivity contribution in [3.8, 4) is 0 Å². The topological polar surface area (TPSA) is 91.4 Å². The van der Waals surface area contributed by atoms with Gasteiger partial charge in [0.15, 0.2) is 5.13 Å². The summed E-state index contributed by atoms with van der Waals surface area (Å²) in [5, 5.41) is 5.79. The highest BCUT2D eigenvalue weighted by molar-refractivity contribution is 8.23. The Morgan fingerprint density at radius 3 is 3.00 bits per heavy atom. The standard InChI is InChI=1S/C12H12N4O3S3/c17-7(4-16-8(18)5-21-12(16)20)15-11-14-6-2-1-3-13-10(19)9(6)22-11/h1-5H2,(H,13,19)(H,14,15,17). The Bertz CT molecular complexity index is 657. The average molecular weight is 356 g/mol. The first-order valence-electron chi connectivity index (χ1n) is 6.59. The molecule has 3 heterocycles. The third-order valence-electron chi connectivity index (χ3n) is 3.17. The lowest BCUT2D eigenvalue weighted by Crippen LogP contribution is -2.36. The van der Waals surface area contributed by atoms with Gasteiger partial charge in [0.25, 0.3) is 5.91 Å². The molecule has 1 saturated heterocycles. The maximum atomic E-state index is 12.0. The van der Waals surface area contributed by atoms with Crippen molar-refractivity contribution in [2.75, 3.05) is 24.2 Å². The fourth-order valence-corrected chi connectivity index (χ4v) is 4.14. The van der Waals surface area contributed by atoms with Gasteiger partial charge in [-0.05, 0) is 12.8 Å². The van der Waals surface area contributed by atoms with Gasteiger partial charge in [0, 0.05) is 6.54 Å². The summed E-state index contributed by atoms with van der Waals surface area (Å²) >= 11 is 7.42. The summed E-state index contributed by atoms with van der Waals surface area (Å²) in [4.78, 5) is 41.6. The zero-order valence-electron chi connectivity index (χ0n) is 11.4. The van der Waals surface area contributed by atoms with Crippen LogP contribution in [0.1, 0.15) is 21.8 Å². The van der Waals surface area contributed by atoms with Gasteiger partial charge in [-0.25, -0.2) is 4.98 Å². The second-order valence-corrected chi connectivity index (χ2v) is 7.35. The molecule has 0 atom stereocenters. The van der Waals surface area contributed by atoms with E-state index >= 15 is 0 Å². The van der Waals surface area contributed by atoms with E-state index in [1.165, 1.54) is 16.7 Å². The summed E-state index contributed by atoms with van der Waals surface area (Å²) in [6.45, 7) is 0.511. The van der Waals surface area contributed by atoms with Gasteiger partial charge in [-0.3, -0.25) is 19.3 Å². The van der Waals surface area contributed by atoms with Gasteiger partial charge in [0.05, 0.1) is 11.4 Å². The number of thioether (sulfide) groups is 1. The maximum Gasteiger partial charge on any atom is 0.263 e. The molecular weight excluding hydrogens is 344 g/mol. The van der Waals surface area contributed by atoms with Gasteiger partial charge in [-0.15, -0.1) is 0 Å². The van der Waals surface area contributed by atoms with Gasteiger partial charge >= 0.3 is 0 Å². The molecule has 0 saturated carbocycles. The van der Waals surface area contributed by atoms with Crippen molar-refractivity contribution in [3.05, 3.63) is 10.6 Å².